The van der Waals surface area contributed by atoms with Crippen LogP contribution in [-0.4, -0.2) is 53.1 Å². The van der Waals surface area contributed by atoms with Gasteiger partial charge < -0.3 is 14.5 Å². The lowest BCUT2D eigenvalue weighted by Crippen LogP contribution is -2.35. The normalized spacial score (nSPS) is 14.9. The average molecular weight is 467 g/mol. The molecule has 0 aliphatic carbocycles. The maximum absolute atomic E-state index is 12.4. The van der Waals surface area contributed by atoms with E-state index < -0.39 is 0 Å². The number of anilines is 1. The Hall–Kier alpha value is -2.68. The van der Waals surface area contributed by atoms with Gasteiger partial charge in [-0.05, 0) is 40.8 Å². The number of ether oxygens (including phenoxy) is 1. The van der Waals surface area contributed by atoms with Gasteiger partial charge in [0.1, 0.15) is 0 Å². The van der Waals surface area contributed by atoms with Crippen LogP contribution < -0.4 is 5.32 Å². The number of nitrogens with zero attached hydrogens (tertiary/aromatic N) is 3. The number of rotatable bonds is 7. The first kappa shape index (κ1) is 23.5. The molecule has 1 fully saturated rings. The second-order valence-electron chi connectivity index (χ2n) is 9.12. The first-order valence-corrected chi connectivity index (χ1v) is 12.1. The lowest BCUT2D eigenvalue weighted by Gasteiger charge is -2.26. The second-order valence-corrected chi connectivity index (χ2v) is 10.0. The molecule has 0 unspecified atom stereocenters. The maximum atomic E-state index is 12.4. The molecule has 0 radical (unpaired) electrons. The molecule has 0 bridgehead atoms. The van der Waals surface area contributed by atoms with Crippen LogP contribution in [0.25, 0.3) is 11.5 Å². The highest BCUT2D eigenvalue weighted by atomic mass is 32.2. The minimum absolute atomic E-state index is 0.0881. The Morgan fingerprint density at radius 2 is 1.73 bits per heavy atom. The van der Waals surface area contributed by atoms with Crippen LogP contribution >= 0.6 is 11.8 Å². The molecular weight excluding hydrogens is 436 g/mol. The maximum Gasteiger partial charge on any atom is 0.277 e. The van der Waals surface area contributed by atoms with E-state index in [1.165, 1.54) is 22.9 Å². The molecule has 1 amide bonds. The van der Waals surface area contributed by atoms with E-state index in [0.717, 1.165) is 44.1 Å². The van der Waals surface area contributed by atoms with Crippen LogP contribution in [0.1, 0.15) is 31.9 Å². The summed E-state index contributed by atoms with van der Waals surface area (Å²) in [7, 11) is 0. The third kappa shape index (κ3) is 6.66. The summed E-state index contributed by atoms with van der Waals surface area (Å²) in [5, 5.41) is 11.5. The number of aromatic nitrogens is 2. The van der Waals surface area contributed by atoms with Crippen molar-refractivity contribution in [1.29, 1.82) is 0 Å². The molecule has 1 aromatic heterocycles. The van der Waals surface area contributed by atoms with Crippen molar-refractivity contribution in [3.8, 4) is 11.5 Å². The molecule has 4 rings (SSSR count). The van der Waals surface area contributed by atoms with Crippen LogP contribution in [0.4, 0.5) is 5.69 Å². The molecule has 0 atom stereocenters. The summed E-state index contributed by atoms with van der Waals surface area (Å²) >= 11 is 1.23. The van der Waals surface area contributed by atoms with Crippen molar-refractivity contribution in [2.24, 2.45) is 0 Å². The lowest BCUT2D eigenvalue weighted by molar-refractivity contribution is -0.113. The molecule has 174 valence electrons. The zero-order chi connectivity index (χ0) is 23.3. The lowest BCUT2D eigenvalue weighted by atomic mass is 9.87. The van der Waals surface area contributed by atoms with Gasteiger partial charge >= 0.3 is 0 Å². The van der Waals surface area contributed by atoms with Crippen molar-refractivity contribution in [2.45, 2.75) is 38.0 Å². The standard InChI is InChI=1S/C25H30N4O3S/c1-25(2,3)20-8-6-19(7-9-20)23-27-28-24(32-23)33-17-22(30)26-21-10-4-18(5-11-21)16-29-12-14-31-15-13-29/h4-11H,12-17H2,1-3H3,(H,26,30). The van der Waals surface area contributed by atoms with Crippen LogP contribution in [0.5, 0.6) is 0 Å². The summed E-state index contributed by atoms with van der Waals surface area (Å²) in [5.41, 5.74) is 4.19. The summed E-state index contributed by atoms with van der Waals surface area (Å²) in [6, 6.07) is 16.1. The number of hydrogen-bond acceptors (Lipinski definition) is 7. The summed E-state index contributed by atoms with van der Waals surface area (Å²) in [4.78, 5) is 14.7. The molecule has 33 heavy (non-hydrogen) atoms. The molecule has 1 N–H and O–H groups in total. The fraction of sp³-hybridized carbons (Fsp3) is 0.400. The largest absolute Gasteiger partial charge is 0.411 e. The monoisotopic (exact) mass is 466 g/mol. The van der Waals surface area contributed by atoms with Crippen LogP contribution in [-0.2, 0) is 21.5 Å². The molecule has 1 aliphatic rings. The Morgan fingerprint density at radius 3 is 2.39 bits per heavy atom. The highest BCUT2D eigenvalue weighted by molar-refractivity contribution is 7.99. The van der Waals surface area contributed by atoms with E-state index in [9.17, 15) is 4.79 Å². The fourth-order valence-corrected chi connectivity index (χ4v) is 4.10. The highest BCUT2D eigenvalue weighted by Crippen LogP contribution is 2.27. The topological polar surface area (TPSA) is 80.5 Å². The number of hydrogen-bond donors (Lipinski definition) is 1. The molecular formula is C25H30N4O3S. The van der Waals surface area contributed by atoms with Crippen molar-refractivity contribution in [3.63, 3.8) is 0 Å². The number of benzene rings is 2. The molecule has 1 saturated heterocycles. The molecule has 3 aromatic rings. The number of carbonyl (C=O) groups is 1. The van der Waals surface area contributed by atoms with Crippen molar-refractivity contribution < 1.29 is 13.9 Å². The number of nitrogens with one attached hydrogen (secondary N) is 1. The van der Waals surface area contributed by atoms with Gasteiger partial charge in [-0.25, -0.2) is 0 Å². The Bertz CT molecular complexity index is 1050. The van der Waals surface area contributed by atoms with Gasteiger partial charge in [0.15, 0.2) is 0 Å². The third-order valence-electron chi connectivity index (χ3n) is 5.48. The SMILES string of the molecule is CC(C)(C)c1ccc(-c2nnc(SCC(=O)Nc3ccc(CN4CCOCC4)cc3)o2)cc1. The van der Waals surface area contributed by atoms with Crippen molar-refractivity contribution >= 4 is 23.4 Å². The Labute approximate surface area is 198 Å². The smallest absolute Gasteiger partial charge is 0.277 e. The quantitative estimate of drug-likeness (QED) is 0.510. The molecule has 2 heterocycles. The van der Waals surface area contributed by atoms with Crippen molar-refractivity contribution in [2.75, 3.05) is 37.4 Å². The zero-order valence-electron chi connectivity index (χ0n) is 19.3. The summed E-state index contributed by atoms with van der Waals surface area (Å²) < 4.78 is 11.1. The van der Waals surface area contributed by atoms with Gasteiger partial charge in [-0.15, -0.1) is 10.2 Å². The first-order chi connectivity index (χ1) is 15.9. The Kier molecular flexibility index (Phi) is 7.47. The Morgan fingerprint density at radius 1 is 1.03 bits per heavy atom. The van der Waals surface area contributed by atoms with Gasteiger partial charge in [0.05, 0.1) is 19.0 Å². The molecule has 8 heteroatoms. The van der Waals surface area contributed by atoms with Gasteiger partial charge in [0.25, 0.3) is 5.22 Å². The second kappa shape index (κ2) is 10.5. The van der Waals surface area contributed by atoms with Gasteiger partial charge in [-0.3, -0.25) is 9.69 Å². The van der Waals surface area contributed by atoms with Gasteiger partial charge in [-0.2, -0.15) is 0 Å². The van der Waals surface area contributed by atoms with Crippen molar-refractivity contribution in [3.05, 3.63) is 59.7 Å². The van der Waals surface area contributed by atoms with E-state index in [1.807, 2.05) is 36.4 Å². The summed E-state index contributed by atoms with van der Waals surface area (Å²) in [6.45, 7) is 10.9. The van der Waals surface area contributed by atoms with E-state index in [1.54, 1.807) is 0 Å². The molecule has 7 nitrogen and oxygen atoms in total. The van der Waals surface area contributed by atoms with E-state index in [-0.39, 0.29) is 17.1 Å². The summed E-state index contributed by atoms with van der Waals surface area (Å²) in [6.07, 6.45) is 0. The number of carbonyl (C=O) groups excluding carboxylic acids is 1. The first-order valence-electron chi connectivity index (χ1n) is 11.1. The van der Waals surface area contributed by atoms with E-state index in [0.29, 0.717) is 11.1 Å². The molecule has 1 aliphatic heterocycles. The van der Waals surface area contributed by atoms with E-state index in [4.69, 9.17) is 9.15 Å². The van der Waals surface area contributed by atoms with Crippen LogP contribution in [0.3, 0.4) is 0 Å². The predicted molar refractivity (Wildman–Crippen MR) is 130 cm³/mol. The highest BCUT2D eigenvalue weighted by Gasteiger charge is 2.16. The summed E-state index contributed by atoms with van der Waals surface area (Å²) in [5.74, 6) is 0.532. The predicted octanol–water partition coefficient (Wildman–Crippen LogP) is 4.60. The number of thioether (sulfide) groups is 1. The van der Waals surface area contributed by atoms with Crippen LogP contribution in [0.2, 0.25) is 0 Å². The third-order valence-corrected chi connectivity index (χ3v) is 6.30. The van der Waals surface area contributed by atoms with Crippen molar-refractivity contribution in [1.82, 2.24) is 15.1 Å². The van der Waals surface area contributed by atoms with Crippen LogP contribution in [0.15, 0.2) is 58.2 Å². The molecule has 2 aromatic carbocycles. The fourth-order valence-electron chi connectivity index (χ4n) is 3.53. The average Bonchev–Trinajstić information content (AvgIpc) is 3.28. The number of amides is 1. The zero-order valence-corrected chi connectivity index (χ0v) is 20.2. The van der Waals surface area contributed by atoms with Gasteiger partial charge in [-0.1, -0.05) is 56.8 Å². The van der Waals surface area contributed by atoms with E-state index in [2.05, 4.69) is 53.3 Å². The van der Waals surface area contributed by atoms with Gasteiger partial charge in [0.2, 0.25) is 11.8 Å². The van der Waals surface area contributed by atoms with Gasteiger partial charge in [0, 0.05) is 30.9 Å². The molecule has 0 spiro atoms. The van der Waals surface area contributed by atoms with E-state index >= 15 is 0 Å². The van der Waals surface area contributed by atoms with Crippen LogP contribution in [0, 0.1) is 0 Å². The number of morpholine rings is 1. The molecule has 0 saturated carbocycles. The minimum atomic E-state index is -0.116. The minimum Gasteiger partial charge on any atom is -0.411 e. The Balaban J connectivity index is 1.26.